The molecule has 178 valence electrons. The summed E-state index contributed by atoms with van der Waals surface area (Å²) in [5.74, 6) is -0.365. The van der Waals surface area contributed by atoms with Crippen molar-refractivity contribution in [3.8, 4) is 11.5 Å². The van der Waals surface area contributed by atoms with Gasteiger partial charge < -0.3 is 9.32 Å². The number of rotatable bonds is 7. The monoisotopic (exact) mass is 538 g/mol. The molecule has 4 rings (SSSR count). The summed E-state index contributed by atoms with van der Waals surface area (Å²) < 4.78 is 60.1. The van der Waals surface area contributed by atoms with Gasteiger partial charge in [0, 0.05) is 39.4 Å². The Hall–Kier alpha value is -2.07. The molecule has 0 saturated carbocycles. The van der Waals surface area contributed by atoms with E-state index in [0.29, 0.717) is 4.34 Å². The molecule has 0 atom stereocenters. The molecule has 0 N–H and O–H groups in total. The molecule has 1 amide bonds. The lowest BCUT2D eigenvalue weighted by Crippen LogP contribution is -2.50. The van der Waals surface area contributed by atoms with E-state index >= 15 is 0 Å². The summed E-state index contributed by atoms with van der Waals surface area (Å²) in [6, 6.07) is 2.99. The van der Waals surface area contributed by atoms with Gasteiger partial charge in [-0.05, 0) is 12.1 Å². The molecule has 4 heterocycles. The van der Waals surface area contributed by atoms with Crippen molar-refractivity contribution < 1.29 is 26.4 Å². The number of aromatic nitrogens is 4. The molecule has 0 unspecified atom stereocenters. The number of thiophene rings is 1. The highest BCUT2D eigenvalue weighted by atomic mass is 35.5. The first-order valence-corrected chi connectivity index (χ1v) is 13.1. The first-order chi connectivity index (χ1) is 15.6. The number of piperazine rings is 1. The van der Waals surface area contributed by atoms with Gasteiger partial charge in [0.25, 0.3) is 27.6 Å². The Morgan fingerprint density at radius 1 is 1.27 bits per heavy atom. The lowest BCUT2D eigenvalue weighted by atomic mass is 10.2. The fraction of sp³-hybridized carbons (Fsp3) is 0.412. The third-order valence-corrected chi connectivity index (χ3v) is 9.15. The lowest BCUT2D eigenvalue weighted by Gasteiger charge is -2.33. The van der Waals surface area contributed by atoms with Gasteiger partial charge in [-0.15, -0.1) is 21.5 Å². The molecular formula is C17H17ClF2N6O4S3. The molecule has 1 aliphatic heterocycles. The molecule has 3 aromatic heterocycles. The maximum absolute atomic E-state index is 13.1. The number of hydrogen-bond donors (Lipinski definition) is 0. The number of carbonyl (C=O) groups is 1. The lowest BCUT2D eigenvalue weighted by molar-refractivity contribution is -0.129. The van der Waals surface area contributed by atoms with Crippen LogP contribution in [0.5, 0.6) is 0 Å². The molecule has 0 aromatic carbocycles. The van der Waals surface area contributed by atoms with Crippen molar-refractivity contribution in [3.05, 3.63) is 28.4 Å². The quantitative estimate of drug-likeness (QED) is 0.422. The van der Waals surface area contributed by atoms with Gasteiger partial charge in [0.1, 0.15) is 9.90 Å². The average Bonchev–Trinajstić information content (AvgIpc) is 3.51. The molecule has 1 saturated heterocycles. The molecular weight excluding hydrogens is 522 g/mol. The van der Waals surface area contributed by atoms with Gasteiger partial charge in [-0.25, -0.2) is 17.2 Å². The number of nitrogens with zero attached hydrogens (tertiary/aromatic N) is 6. The van der Waals surface area contributed by atoms with Crippen LogP contribution in [-0.2, 0) is 21.9 Å². The zero-order valence-electron chi connectivity index (χ0n) is 17.0. The minimum atomic E-state index is -3.65. The van der Waals surface area contributed by atoms with Gasteiger partial charge in [-0.2, -0.15) is 9.40 Å². The number of carbonyl (C=O) groups excluding carboxylic acids is 1. The average molecular weight is 539 g/mol. The highest BCUT2D eigenvalue weighted by molar-refractivity contribution is 7.99. The van der Waals surface area contributed by atoms with E-state index in [2.05, 4.69) is 15.3 Å². The van der Waals surface area contributed by atoms with Crippen molar-refractivity contribution in [1.29, 1.82) is 0 Å². The van der Waals surface area contributed by atoms with E-state index < -0.39 is 22.1 Å². The van der Waals surface area contributed by atoms with Crippen LogP contribution in [-0.4, -0.2) is 75.4 Å². The number of aryl methyl sites for hydroxylation is 1. The number of thioether (sulfide) groups is 1. The number of amides is 1. The van der Waals surface area contributed by atoms with Crippen molar-refractivity contribution in [1.82, 2.24) is 29.2 Å². The van der Waals surface area contributed by atoms with Crippen molar-refractivity contribution in [2.45, 2.75) is 15.9 Å². The summed E-state index contributed by atoms with van der Waals surface area (Å²) in [7, 11) is -2.15. The van der Waals surface area contributed by atoms with Gasteiger partial charge in [0.15, 0.2) is 0 Å². The standard InChI is InChI=1S/C17H17ClF2N6O4S3/c1-24-8-10(14(23-24)15(19)20)16-21-22-17(30-16)31-9-12(27)25-4-6-26(7-5-25)33(28,29)13-3-2-11(18)32-13/h2-3,8,15H,4-7,9H2,1H3. The Morgan fingerprint density at radius 2 is 2.00 bits per heavy atom. The van der Waals surface area contributed by atoms with E-state index in [1.807, 2.05) is 0 Å². The first-order valence-electron chi connectivity index (χ1n) is 9.47. The largest absolute Gasteiger partial charge is 0.411 e. The van der Waals surface area contributed by atoms with Gasteiger partial charge in [-0.3, -0.25) is 9.48 Å². The maximum atomic E-state index is 13.1. The van der Waals surface area contributed by atoms with Crippen LogP contribution in [0.3, 0.4) is 0 Å². The normalized spacial score (nSPS) is 15.5. The fourth-order valence-corrected chi connectivity index (χ4v) is 6.89. The summed E-state index contributed by atoms with van der Waals surface area (Å²) in [6.45, 7) is 0.799. The van der Waals surface area contributed by atoms with Gasteiger partial charge in [-0.1, -0.05) is 23.4 Å². The number of alkyl halides is 2. The summed E-state index contributed by atoms with van der Waals surface area (Å²) in [4.78, 5) is 14.1. The molecule has 0 aliphatic carbocycles. The van der Waals surface area contributed by atoms with Crippen LogP contribution in [0.4, 0.5) is 8.78 Å². The predicted octanol–water partition coefficient (Wildman–Crippen LogP) is 2.75. The van der Waals surface area contributed by atoms with Crippen LogP contribution in [0, 0.1) is 0 Å². The van der Waals surface area contributed by atoms with E-state index in [4.69, 9.17) is 16.0 Å². The molecule has 0 spiro atoms. The zero-order valence-corrected chi connectivity index (χ0v) is 20.2. The molecule has 16 heteroatoms. The van der Waals surface area contributed by atoms with E-state index in [0.717, 1.165) is 23.1 Å². The van der Waals surface area contributed by atoms with E-state index in [1.165, 1.54) is 34.4 Å². The molecule has 33 heavy (non-hydrogen) atoms. The second kappa shape index (κ2) is 9.66. The number of hydrogen-bond acceptors (Lipinski definition) is 9. The molecule has 1 aliphatic rings. The predicted molar refractivity (Wildman–Crippen MR) is 117 cm³/mol. The Labute approximate surface area is 200 Å². The molecule has 3 aromatic rings. The Kier molecular flexibility index (Phi) is 7.04. The number of halogens is 3. The van der Waals surface area contributed by atoms with Gasteiger partial charge >= 0.3 is 0 Å². The molecule has 0 radical (unpaired) electrons. The van der Waals surface area contributed by atoms with Crippen LogP contribution in [0.2, 0.25) is 4.34 Å². The van der Waals surface area contributed by atoms with Gasteiger partial charge in [0.2, 0.25) is 5.91 Å². The third kappa shape index (κ3) is 5.21. The summed E-state index contributed by atoms with van der Waals surface area (Å²) >= 11 is 7.80. The van der Waals surface area contributed by atoms with Crippen LogP contribution in [0.25, 0.3) is 11.5 Å². The third-order valence-electron chi connectivity index (χ3n) is 4.75. The van der Waals surface area contributed by atoms with E-state index in [1.54, 1.807) is 4.90 Å². The van der Waals surface area contributed by atoms with Gasteiger partial charge in [0.05, 0.1) is 15.7 Å². The highest BCUT2D eigenvalue weighted by Gasteiger charge is 2.31. The van der Waals surface area contributed by atoms with Crippen molar-refractivity contribution in [3.63, 3.8) is 0 Å². The van der Waals surface area contributed by atoms with Crippen LogP contribution < -0.4 is 0 Å². The Morgan fingerprint density at radius 3 is 2.64 bits per heavy atom. The Bertz CT molecular complexity index is 1250. The smallest absolute Gasteiger partial charge is 0.282 e. The summed E-state index contributed by atoms with van der Waals surface area (Å²) in [5, 5.41) is 11.3. The SMILES string of the molecule is Cn1cc(-c2nnc(SCC(=O)N3CCN(S(=O)(=O)c4ccc(Cl)s4)CC3)o2)c(C(F)F)n1. The van der Waals surface area contributed by atoms with E-state index in [-0.39, 0.29) is 58.7 Å². The number of sulfonamides is 1. The van der Waals surface area contributed by atoms with Crippen LogP contribution in [0.15, 0.2) is 32.2 Å². The molecule has 10 nitrogen and oxygen atoms in total. The molecule has 0 bridgehead atoms. The second-order valence-corrected chi connectivity index (χ2v) is 11.7. The minimum absolute atomic E-state index is 0.0241. The zero-order chi connectivity index (χ0) is 23.8. The highest BCUT2D eigenvalue weighted by Crippen LogP contribution is 2.31. The topological polar surface area (TPSA) is 114 Å². The van der Waals surface area contributed by atoms with Crippen LogP contribution >= 0.6 is 34.7 Å². The maximum Gasteiger partial charge on any atom is 0.282 e. The minimum Gasteiger partial charge on any atom is -0.411 e. The summed E-state index contributed by atoms with van der Waals surface area (Å²) in [6.07, 6.45) is -1.45. The van der Waals surface area contributed by atoms with E-state index in [9.17, 15) is 22.0 Å². The fourth-order valence-electron chi connectivity index (χ4n) is 3.16. The van der Waals surface area contributed by atoms with Crippen molar-refractivity contribution in [2.24, 2.45) is 7.05 Å². The molecule has 1 fully saturated rings. The second-order valence-electron chi connectivity index (χ2n) is 6.91. The Balaban J connectivity index is 1.32. The van der Waals surface area contributed by atoms with Crippen molar-refractivity contribution >= 4 is 50.6 Å². The summed E-state index contributed by atoms with van der Waals surface area (Å²) in [5.41, 5.74) is -0.436. The first kappa shape index (κ1) is 24.1. The van der Waals surface area contributed by atoms with Crippen molar-refractivity contribution in [2.75, 3.05) is 31.9 Å². The van der Waals surface area contributed by atoms with Crippen LogP contribution in [0.1, 0.15) is 12.1 Å².